The maximum absolute atomic E-state index is 8.16. The highest BCUT2D eigenvalue weighted by atomic mass is 16.7. The fourth-order valence-electron chi connectivity index (χ4n) is 0.240. The van der Waals surface area contributed by atoms with Gasteiger partial charge in [0.2, 0.25) is 0 Å². The number of hydrazine groups is 1. The summed E-state index contributed by atoms with van der Waals surface area (Å²) in [6.07, 6.45) is -0.205. The average Bonchev–Trinajstić information content (AvgIpc) is 1.59. The van der Waals surface area contributed by atoms with E-state index in [9.17, 15) is 0 Å². The quantitative estimate of drug-likeness (QED) is 0.161. The standard InChI is InChI=1S/C3H10N2O3/c4-5-2-1-3(6,7)8/h5-8H,1-2,4H2. The number of nitrogens with two attached hydrogens (primary N) is 1. The van der Waals surface area contributed by atoms with Crippen molar-refractivity contribution in [3.05, 3.63) is 0 Å². The molecule has 0 heterocycles. The molecular formula is C3H10N2O3. The minimum atomic E-state index is -2.59. The maximum atomic E-state index is 8.16. The molecule has 0 aliphatic heterocycles. The Morgan fingerprint density at radius 2 is 1.88 bits per heavy atom. The van der Waals surface area contributed by atoms with E-state index < -0.39 is 5.97 Å². The Bertz CT molecular complexity index is 60.0. The molecule has 0 aromatic carbocycles. The molecule has 0 fully saturated rings. The van der Waals surface area contributed by atoms with Crippen molar-refractivity contribution in [1.29, 1.82) is 0 Å². The van der Waals surface area contributed by atoms with E-state index >= 15 is 0 Å². The van der Waals surface area contributed by atoms with E-state index in [0.717, 1.165) is 0 Å². The first-order valence-electron chi connectivity index (χ1n) is 2.17. The minimum Gasteiger partial charge on any atom is -0.344 e. The molecule has 0 amide bonds. The molecule has 0 rings (SSSR count). The number of hydrogen-bond donors (Lipinski definition) is 5. The van der Waals surface area contributed by atoms with Crippen LogP contribution in [0.15, 0.2) is 0 Å². The van der Waals surface area contributed by atoms with Crippen LogP contribution in [-0.2, 0) is 0 Å². The number of nitrogens with one attached hydrogen (secondary N) is 1. The minimum absolute atomic E-state index is 0.156. The fraction of sp³-hybridized carbons (Fsp3) is 1.00. The van der Waals surface area contributed by atoms with E-state index in [4.69, 9.17) is 21.2 Å². The zero-order valence-corrected chi connectivity index (χ0v) is 4.33. The first-order chi connectivity index (χ1) is 3.56. The van der Waals surface area contributed by atoms with Gasteiger partial charge in [0.1, 0.15) is 0 Å². The van der Waals surface area contributed by atoms with Gasteiger partial charge in [0.15, 0.2) is 0 Å². The first-order valence-corrected chi connectivity index (χ1v) is 2.17. The number of rotatable bonds is 3. The van der Waals surface area contributed by atoms with Crippen molar-refractivity contribution >= 4 is 0 Å². The van der Waals surface area contributed by atoms with Crippen molar-refractivity contribution in [1.82, 2.24) is 5.43 Å². The molecule has 0 radical (unpaired) electrons. The molecule has 0 aromatic rings. The average molecular weight is 122 g/mol. The highest BCUT2D eigenvalue weighted by molar-refractivity contribution is 4.47. The second-order valence-corrected chi connectivity index (χ2v) is 1.48. The molecule has 0 aromatic heterocycles. The van der Waals surface area contributed by atoms with Gasteiger partial charge in [0.25, 0.3) is 5.97 Å². The van der Waals surface area contributed by atoms with Crippen LogP contribution >= 0.6 is 0 Å². The van der Waals surface area contributed by atoms with Crippen LogP contribution in [0.1, 0.15) is 6.42 Å². The van der Waals surface area contributed by atoms with Gasteiger partial charge in [0, 0.05) is 13.0 Å². The van der Waals surface area contributed by atoms with Crippen molar-refractivity contribution < 1.29 is 15.3 Å². The van der Waals surface area contributed by atoms with Gasteiger partial charge in [-0.1, -0.05) is 0 Å². The van der Waals surface area contributed by atoms with E-state index in [1.807, 2.05) is 0 Å². The Hall–Kier alpha value is -0.200. The number of hydrogen-bond acceptors (Lipinski definition) is 5. The normalized spacial score (nSPS) is 12.0. The largest absolute Gasteiger partial charge is 0.344 e. The van der Waals surface area contributed by atoms with Gasteiger partial charge < -0.3 is 15.3 Å². The maximum Gasteiger partial charge on any atom is 0.276 e. The van der Waals surface area contributed by atoms with Crippen molar-refractivity contribution in [3.63, 3.8) is 0 Å². The molecule has 0 bridgehead atoms. The zero-order valence-electron chi connectivity index (χ0n) is 4.33. The summed E-state index contributed by atoms with van der Waals surface area (Å²) in [5, 5.41) is 24.5. The van der Waals surface area contributed by atoms with Gasteiger partial charge in [-0.05, 0) is 0 Å². The number of aliphatic hydroxyl groups is 3. The van der Waals surface area contributed by atoms with E-state index in [-0.39, 0.29) is 13.0 Å². The lowest BCUT2D eigenvalue weighted by molar-refractivity contribution is -0.313. The Morgan fingerprint density at radius 1 is 1.38 bits per heavy atom. The Labute approximate surface area is 46.7 Å². The Kier molecular flexibility index (Phi) is 2.88. The van der Waals surface area contributed by atoms with Crippen molar-refractivity contribution in [2.24, 2.45) is 5.84 Å². The van der Waals surface area contributed by atoms with Gasteiger partial charge in [-0.15, -0.1) is 0 Å². The highest BCUT2D eigenvalue weighted by Gasteiger charge is 2.15. The van der Waals surface area contributed by atoms with E-state index in [0.29, 0.717) is 0 Å². The van der Waals surface area contributed by atoms with Crippen LogP contribution in [0.4, 0.5) is 0 Å². The predicted octanol–water partition coefficient (Wildman–Crippen LogP) is -2.53. The molecule has 6 N–H and O–H groups in total. The van der Waals surface area contributed by atoms with Crippen LogP contribution < -0.4 is 11.3 Å². The fourth-order valence-corrected chi connectivity index (χ4v) is 0.240. The van der Waals surface area contributed by atoms with Crippen molar-refractivity contribution in [2.45, 2.75) is 12.4 Å². The third-order valence-electron chi connectivity index (χ3n) is 0.605. The molecule has 0 atom stereocenters. The molecule has 0 aliphatic carbocycles. The van der Waals surface area contributed by atoms with Crippen LogP contribution in [0.3, 0.4) is 0 Å². The molecule has 0 saturated heterocycles. The molecule has 50 valence electrons. The molecule has 0 spiro atoms. The summed E-state index contributed by atoms with van der Waals surface area (Å²) in [5.74, 6) is 2.16. The predicted molar refractivity (Wildman–Crippen MR) is 26.2 cm³/mol. The topological polar surface area (TPSA) is 98.7 Å². The van der Waals surface area contributed by atoms with Gasteiger partial charge >= 0.3 is 0 Å². The zero-order chi connectivity index (χ0) is 6.62. The van der Waals surface area contributed by atoms with E-state index in [1.165, 1.54) is 0 Å². The van der Waals surface area contributed by atoms with E-state index in [1.54, 1.807) is 0 Å². The molecule has 8 heavy (non-hydrogen) atoms. The molecule has 0 unspecified atom stereocenters. The van der Waals surface area contributed by atoms with E-state index in [2.05, 4.69) is 5.43 Å². The van der Waals surface area contributed by atoms with Crippen molar-refractivity contribution in [2.75, 3.05) is 6.54 Å². The Balaban J connectivity index is 3.11. The lowest BCUT2D eigenvalue weighted by atomic mass is 10.4. The van der Waals surface area contributed by atoms with Crippen LogP contribution in [0.5, 0.6) is 0 Å². The summed E-state index contributed by atoms with van der Waals surface area (Å²) in [6, 6.07) is 0. The third-order valence-corrected chi connectivity index (χ3v) is 0.605. The molecule has 0 aliphatic rings. The summed E-state index contributed by atoms with van der Waals surface area (Å²) in [7, 11) is 0. The SMILES string of the molecule is NNCCC(O)(O)O. The lowest BCUT2D eigenvalue weighted by Gasteiger charge is -2.11. The molecular weight excluding hydrogens is 112 g/mol. The van der Waals surface area contributed by atoms with Gasteiger partial charge in [-0.3, -0.25) is 11.3 Å². The summed E-state index contributed by atoms with van der Waals surface area (Å²) >= 11 is 0. The highest BCUT2D eigenvalue weighted by Crippen LogP contribution is 1.95. The lowest BCUT2D eigenvalue weighted by Crippen LogP contribution is -2.34. The summed E-state index contributed by atoms with van der Waals surface area (Å²) in [6.45, 7) is 0.156. The van der Waals surface area contributed by atoms with Gasteiger partial charge in [-0.2, -0.15) is 0 Å². The summed E-state index contributed by atoms with van der Waals surface area (Å²) < 4.78 is 0. The second kappa shape index (κ2) is 2.95. The third kappa shape index (κ3) is 5.80. The van der Waals surface area contributed by atoms with Crippen molar-refractivity contribution in [3.8, 4) is 0 Å². The van der Waals surface area contributed by atoms with Crippen LogP contribution in [0, 0.1) is 0 Å². The van der Waals surface area contributed by atoms with Gasteiger partial charge in [-0.25, -0.2) is 0 Å². The molecule has 5 heteroatoms. The summed E-state index contributed by atoms with van der Waals surface area (Å²) in [4.78, 5) is 0. The van der Waals surface area contributed by atoms with Crippen LogP contribution in [0.2, 0.25) is 0 Å². The monoisotopic (exact) mass is 122 g/mol. The van der Waals surface area contributed by atoms with Crippen LogP contribution in [0.25, 0.3) is 0 Å². The Morgan fingerprint density at radius 3 is 2.00 bits per heavy atom. The second-order valence-electron chi connectivity index (χ2n) is 1.48. The van der Waals surface area contributed by atoms with Crippen LogP contribution in [-0.4, -0.2) is 27.8 Å². The smallest absolute Gasteiger partial charge is 0.276 e. The molecule has 0 saturated carbocycles. The van der Waals surface area contributed by atoms with Gasteiger partial charge in [0.05, 0.1) is 0 Å². The summed E-state index contributed by atoms with van der Waals surface area (Å²) in [5.41, 5.74) is 2.14. The molecule has 5 nitrogen and oxygen atoms in total. The first kappa shape index (κ1) is 7.80.